The molecule has 0 aliphatic heterocycles. The SMILES string of the molecule is CC(C)(C)C(=O)c1ccc(CC(Cc2ccc(C(=O)C(C)(C)C)cc2F)C(=O)O)c(F)c1. The second-order valence-electron chi connectivity index (χ2n) is 10.2. The lowest BCUT2D eigenvalue weighted by molar-refractivity contribution is -0.141. The van der Waals surface area contributed by atoms with Crippen LogP contribution in [0.15, 0.2) is 36.4 Å². The van der Waals surface area contributed by atoms with E-state index in [1.54, 1.807) is 41.5 Å². The van der Waals surface area contributed by atoms with Crippen molar-refractivity contribution in [3.05, 3.63) is 70.3 Å². The molecule has 0 saturated heterocycles. The molecule has 0 aliphatic rings. The molecule has 2 aromatic carbocycles. The highest BCUT2D eigenvalue weighted by atomic mass is 19.1. The Morgan fingerprint density at radius 2 is 1.09 bits per heavy atom. The number of hydrogen-bond donors (Lipinski definition) is 1. The summed E-state index contributed by atoms with van der Waals surface area (Å²) in [4.78, 5) is 36.5. The van der Waals surface area contributed by atoms with Crippen molar-refractivity contribution >= 4 is 17.5 Å². The van der Waals surface area contributed by atoms with Crippen LogP contribution < -0.4 is 0 Å². The number of carbonyl (C=O) groups excluding carboxylic acids is 2. The third kappa shape index (κ3) is 6.09. The Morgan fingerprint density at radius 3 is 1.34 bits per heavy atom. The van der Waals surface area contributed by atoms with E-state index in [2.05, 4.69) is 0 Å². The summed E-state index contributed by atoms with van der Waals surface area (Å²) >= 11 is 0. The quantitative estimate of drug-likeness (QED) is 0.539. The van der Waals surface area contributed by atoms with Crippen molar-refractivity contribution in [2.75, 3.05) is 0 Å². The number of carboxylic acids is 1. The molecular formula is C26H30F2O4. The number of carbonyl (C=O) groups is 3. The highest BCUT2D eigenvalue weighted by Gasteiger charge is 2.27. The largest absolute Gasteiger partial charge is 0.481 e. The molecule has 0 radical (unpaired) electrons. The van der Waals surface area contributed by atoms with Crippen molar-refractivity contribution in [2.45, 2.75) is 54.4 Å². The van der Waals surface area contributed by atoms with Gasteiger partial charge < -0.3 is 5.11 Å². The van der Waals surface area contributed by atoms with E-state index in [1.165, 1.54) is 24.3 Å². The molecule has 0 heterocycles. The van der Waals surface area contributed by atoms with Crippen LogP contribution in [0.3, 0.4) is 0 Å². The van der Waals surface area contributed by atoms with Gasteiger partial charge in [0.1, 0.15) is 11.6 Å². The van der Waals surface area contributed by atoms with E-state index in [4.69, 9.17) is 0 Å². The van der Waals surface area contributed by atoms with Crippen molar-refractivity contribution < 1.29 is 28.3 Å². The number of Topliss-reactive ketones (excluding diaryl/α,β-unsaturated/α-hetero) is 2. The van der Waals surface area contributed by atoms with E-state index < -0.39 is 34.4 Å². The van der Waals surface area contributed by atoms with Crippen LogP contribution in [0, 0.1) is 28.4 Å². The fourth-order valence-electron chi connectivity index (χ4n) is 3.35. The van der Waals surface area contributed by atoms with Crippen molar-refractivity contribution in [1.82, 2.24) is 0 Å². The van der Waals surface area contributed by atoms with E-state index in [-0.39, 0.29) is 46.7 Å². The van der Waals surface area contributed by atoms with Gasteiger partial charge in [0, 0.05) is 22.0 Å². The number of aliphatic carboxylic acids is 1. The molecule has 4 nitrogen and oxygen atoms in total. The Bertz CT molecular complexity index is 965. The molecule has 6 heteroatoms. The summed E-state index contributed by atoms with van der Waals surface area (Å²) in [5.41, 5.74) is -0.622. The van der Waals surface area contributed by atoms with Crippen LogP contribution in [0.2, 0.25) is 0 Å². The highest BCUT2D eigenvalue weighted by molar-refractivity contribution is 6.00. The Labute approximate surface area is 187 Å². The predicted octanol–water partition coefficient (Wildman–Crippen LogP) is 5.91. The molecule has 0 amide bonds. The van der Waals surface area contributed by atoms with E-state index in [0.717, 1.165) is 12.1 Å². The Hall–Kier alpha value is -2.89. The predicted molar refractivity (Wildman–Crippen MR) is 119 cm³/mol. The second-order valence-corrected chi connectivity index (χ2v) is 10.2. The van der Waals surface area contributed by atoms with Crippen molar-refractivity contribution in [3.8, 4) is 0 Å². The average molecular weight is 445 g/mol. The molecule has 0 spiro atoms. The van der Waals surface area contributed by atoms with Crippen molar-refractivity contribution in [3.63, 3.8) is 0 Å². The zero-order valence-corrected chi connectivity index (χ0v) is 19.4. The van der Waals surface area contributed by atoms with Crippen LogP contribution in [0.5, 0.6) is 0 Å². The third-order valence-electron chi connectivity index (χ3n) is 5.27. The molecule has 32 heavy (non-hydrogen) atoms. The second kappa shape index (κ2) is 9.31. The van der Waals surface area contributed by atoms with Gasteiger partial charge in [0.15, 0.2) is 11.6 Å². The zero-order chi connectivity index (χ0) is 24.4. The smallest absolute Gasteiger partial charge is 0.307 e. The summed E-state index contributed by atoms with van der Waals surface area (Å²) in [5, 5.41) is 9.62. The Balaban J connectivity index is 2.25. The van der Waals surface area contributed by atoms with Crippen LogP contribution in [0.25, 0.3) is 0 Å². The molecule has 2 aromatic rings. The normalized spacial score (nSPS) is 12.2. The monoisotopic (exact) mass is 444 g/mol. The molecular weight excluding hydrogens is 414 g/mol. The van der Waals surface area contributed by atoms with Crippen LogP contribution in [0.1, 0.15) is 73.4 Å². The molecule has 0 fully saturated rings. The lowest BCUT2D eigenvalue weighted by Crippen LogP contribution is -2.22. The first-order valence-electron chi connectivity index (χ1n) is 10.5. The molecule has 2 rings (SSSR count). The zero-order valence-electron chi connectivity index (χ0n) is 19.4. The molecule has 1 N–H and O–H groups in total. The minimum absolute atomic E-state index is 0.141. The maximum Gasteiger partial charge on any atom is 0.307 e. The van der Waals surface area contributed by atoms with Gasteiger partial charge in [-0.05, 0) is 36.1 Å². The minimum atomic E-state index is -1.19. The number of hydrogen-bond acceptors (Lipinski definition) is 3. The minimum Gasteiger partial charge on any atom is -0.481 e. The summed E-state index contributed by atoms with van der Waals surface area (Å²) in [6.45, 7) is 10.4. The highest BCUT2D eigenvalue weighted by Crippen LogP contribution is 2.26. The van der Waals surface area contributed by atoms with Crippen LogP contribution in [-0.4, -0.2) is 22.6 Å². The lowest BCUT2D eigenvalue weighted by atomic mass is 9.85. The number of halogens is 2. The number of carboxylic acid groups (broad SMARTS) is 1. The van der Waals surface area contributed by atoms with Gasteiger partial charge in [0.25, 0.3) is 0 Å². The first kappa shape index (κ1) is 25.4. The molecule has 0 aromatic heterocycles. The van der Waals surface area contributed by atoms with Crippen LogP contribution >= 0.6 is 0 Å². The summed E-state index contributed by atoms with van der Waals surface area (Å²) in [5.74, 6) is -4.04. The summed E-state index contributed by atoms with van der Waals surface area (Å²) in [6.07, 6.45) is -0.319. The summed E-state index contributed by atoms with van der Waals surface area (Å²) < 4.78 is 29.3. The first-order valence-corrected chi connectivity index (χ1v) is 10.5. The number of ketones is 2. The molecule has 172 valence electrons. The average Bonchev–Trinajstić information content (AvgIpc) is 2.67. The standard InChI is InChI=1S/C26H30F2O4/c1-25(2,3)22(29)17-9-7-15(20(27)13-17)11-19(24(31)32)12-16-8-10-18(14-21(16)28)23(30)26(4,5)6/h7-10,13-14,19H,11-12H2,1-6H3,(H,31,32). The Morgan fingerprint density at radius 1 is 0.750 bits per heavy atom. The molecule has 0 unspecified atom stereocenters. The van der Waals surface area contributed by atoms with Gasteiger partial charge in [-0.3, -0.25) is 14.4 Å². The Kier molecular flexibility index (Phi) is 7.38. The molecule has 0 bridgehead atoms. The van der Waals surface area contributed by atoms with Gasteiger partial charge >= 0.3 is 5.97 Å². The van der Waals surface area contributed by atoms with Gasteiger partial charge in [0.05, 0.1) is 5.92 Å². The summed E-state index contributed by atoms with van der Waals surface area (Å²) in [7, 11) is 0. The lowest BCUT2D eigenvalue weighted by Gasteiger charge is -2.18. The molecule has 0 aliphatic carbocycles. The van der Waals surface area contributed by atoms with Crippen molar-refractivity contribution in [1.29, 1.82) is 0 Å². The van der Waals surface area contributed by atoms with Crippen molar-refractivity contribution in [2.24, 2.45) is 16.7 Å². The van der Waals surface area contributed by atoms with Gasteiger partial charge in [-0.15, -0.1) is 0 Å². The van der Waals surface area contributed by atoms with Gasteiger partial charge in [0.2, 0.25) is 0 Å². The number of rotatable bonds is 7. The van der Waals surface area contributed by atoms with E-state index in [9.17, 15) is 28.3 Å². The summed E-state index contributed by atoms with van der Waals surface area (Å²) in [6, 6.07) is 8.03. The fraction of sp³-hybridized carbons (Fsp3) is 0.423. The fourth-order valence-corrected chi connectivity index (χ4v) is 3.35. The number of benzene rings is 2. The van der Waals surface area contributed by atoms with Crippen LogP contribution in [0.4, 0.5) is 8.78 Å². The molecule has 0 atom stereocenters. The van der Waals surface area contributed by atoms with Gasteiger partial charge in [-0.1, -0.05) is 65.8 Å². The van der Waals surface area contributed by atoms with Crippen LogP contribution in [-0.2, 0) is 17.6 Å². The van der Waals surface area contributed by atoms with Gasteiger partial charge in [-0.2, -0.15) is 0 Å². The van der Waals surface area contributed by atoms with Gasteiger partial charge in [-0.25, -0.2) is 8.78 Å². The first-order chi connectivity index (χ1) is 14.6. The topological polar surface area (TPSA) is 71.4 Å². The van der Waals surface area contributed by atoms with E-state index in [0.29, 0.717) is 0 Å². The third-order valence-corrected chi connectivity index (χ3v) is 5.27. The molecule has 0 saturated carbocycles. The van der Waals surface area contributed by atoms with E-state index >= 15 is 0 Å². The van der Waals surface area contributed by atoms with E-state index in [1.807, 2.05) is 0 Å². The maximum absolute atomic E-state index is 14.6. The maximum atomic E-state index is 14.6.